The Morgan fingerprint density at radius 2 is 1.76 bits per heavy atom. The number of nitrogen functional groups attached to an aromatic ring is 1. The molecular formula is C32H45N9O. The van der Waals surface area contributed by atoms with Crippen molar-refractivity contribution in [1.29, 1.82) is 0 Å². The van der Waals surface area contributed by atoms with Crippen LogP contribution in [0, 0.1) is 5.92 Å². The van der Waals surface area contributed by atoms with Crippen LogP contribution in [-0.4, -0.2) is 92.0 Å². The standard InChI is InChI=1S/C32H45N9O/c1-42-18-4-13-39-14-16-40(17-15-39)24-8-10-25(11-9-24)41-32-29(31(33)34-21-35-32)30(38-41)23-7-12-26-27(20-23)37-28(36-26)19-22-5-2-3-6-22/h7,12,20-22,24-25H,2-6,8-11,13-19H2,1H3,(H,36,37)(H2,33,34,35). The van der Waals surface area contributed by atoms with Crippen LogP contribution >= 0.6 is 0 Å². The van der Waals surface area contributed by atoms with Gasteiger partial charge in [0.1, 0.15) is 23.7 Å². The number of aromatic amines is 1. The molecule has 1 aliphatic heterocycles. The predicted octanol–water partition coefficient (Wildman–Crippen LogP) is 4.82. The monoisotopic (exact) mass is 571 g/mol. The van der Waals surface area contributed by atoms with Crippen molar-refractivity contribution in [2.45, 2.75) is 76.3 Å². The number of anilines is 1. The highest BCUT2D eigenvalue weighted by atomic mass is 16.5. The van der Waals surface area contributed by atoms with Crippen LogP contribution in [0.25, 0.3) is 33.3 Å². The average Bonchev–Trinajstić information content (AvgIpc) is 3.77. The van der Waals surface area contributed by atoms with Gasteiger partial charge in [-0.1, -0.05) is 31.7 Å². The summed E-state index contributed by atoms with van der Waals surface area (Å²) in [6, 6.07) is 7.37. The Balaban J connectivity index is 1.07. The molecule has 0 bridgehead atoms. The van der Waals surface area contributed by atoms with Crippen LogP contribution in [-0.2, 0) is 11.2 Å². The number of hydrogen-bond acceptors (Lipinski definition) is 8. The van der Waals surface area contributed by atoms with E-state index < -0.39 is 0 Å². The van der Waals surface area contributed by atoms with E-state index in [1.807, 2.05) is 0 Å². The molecule has 2 aliphatic carbocycles. The second-order valence-electron chi connectivity index (χ2n) is 12.7. The number of aromatic nitrogens is 6. The number of nitrogens with zero attached hydrogens (tertiary/aromatic N) is 7. The minimum atomic E-state index is 0.316. The van der Waals surface area contributed by atoms with Gasteiger partial charge in [-0.05, 0) is 50.2 Å². The number of rotatable bonds is 9. The molecule has 42 heavy (non-hydrogen) atoms. The van der Waals surface area contributed by atoms with Crippen molar-refractivity contribution in [2.24, 2.45) is 5.92 Å². The SMILES string of the molecule is COCCCN1CCN(C2CCC(n3nc(-c4ccc5nc(CC6CCCC6)[nH]c5c4)c4c(N)ncnc43)CC2)CC1. The molecule has 3 aromatic heterocycles. The number of fused-ring (bicyclic) bond motifs is 2. The zero-order valence-corrected chi connectivity index (χ0v) is 25.0. The van der Waals surface area contributed by atoms with Crippen LogP contribution in [0.4, 0.5) is 5.82 Å². The molecule has 1 saturated heterocycles. The molecule has 3 aliphatic rings. The van der Waals surface area contributed by atoms with Crippen molar-refractivity contribution in [3.63, 3.8) is 0 Å². The summed E-state index contributed by atoms with van der Waals surface area (Å²) in [6.07, 6.45) is 13.6. The summed E-state index contributed by atoms with van der Waals surface area (Å²) in [5.41, 5.74) is 11.3. The molecule has 0 atom stereocenters. The summed E-state index contributed by atoms with van der Waals surface area (Å²) in [4.78, 5) is 22.8. The number of H-pyrrole nitrogens is 1. The van der Waals surface area contributed by atoms with Gasteiger partial charge >= 0.3 is 0 Å². The van der Waals surface area contributed by atoms with Crippen molar-refractivity contribution in [3.05, 3.63) is 30.4 Å². The molecule has 3 fully saturated rings. The summed E-state index contributed by atoms with van der Waals surface area (Å²) in [5.74, 6) is 2.34. The van der Waals surface area contributed by atoms with E-state index in [1.54, 1.807) is 13.4 Å². The topological polar surface area (TPSA) is 114 Å². The number of nitrogens with one attached hydrogen (secondary N) is 1. The number of methoxy groups -OCH3 is 1. The molecule has 0 unspecified atom stereocenters. The van der Waals surface area contributed by atoms with E-state index in [4.69, 9.17) is 25.5 Å². The van der Waals surface area contributed by atoms with E-state index in [2.05, 4.69) is 42.6 Å². The average molecular weight is 572 g/mol. The first-order valence-electron chi connectivity index (χ1n) is 16.1. The highest BCUT2D eigenvalue weighted by Crippen LogP contribution is 2.38. The van der Waals surface area contributed by atoms with Gasteiger partial charge in [-0.2, -0.15) is 5.10 Å². The lowest BCUT2D eigenvalue weighted by Gasteiger charge is -2.42. The van der Waals surface area contributed by atoms with Crippen LogP contribution in [0.2, 0.25) is 0 Å². The zero-order valence-electron chi connectivity index (χ0n) is 25.0. The van der Waals surface area contributed by atoms with Crippen LogP contribution in [0.15, 0.2) is 24.5 Å². The van der Waals surface area contributed by atoms with E-state index in [0.717, 1.165) is 97.0 Å². The second kappa shape index (κ2) is 12.3. The highest BCUT2D eigenvalue weighted by molar-refractivity contribution is 5.99. The number of benzene rings is 1. The van der Waals surface area contributed by atoms with Gasteiger partial charge in [0.05, 0.1) is 22.5 Å². The second-order valence-corrected chi connectivity index (χ2v) is 12.7. The third kappa shape index (κ3) is 5.64. The Kier molecular flexibility index (Phi) is 8.10. The fraction of sp³-hybridized carbons (Fsp3) is 0.625. The molecule has 224 valence electrons. The molecular weight excluding hydrogens is 526 g/mol. The number of imidazole rings is 1. The lowest BCUT2D eigenvalue weighted by atomic mass is 9.90. The van der Waals surface area contributed by atoms with Gasteiger partial charge in [-0.15, -0.1) is 0 Å². The Labute approximate surface area is 248 Å². The third-order valence-corrected chi connectivity index (χ3v) is 10.0. The van der Waals surface area contributed by atoms with Gasteiger partial charge in [0.25, 0.3) is 0 Å². The molecule has 10 nitrogen and oxygen atoms in total. The normalized spacial score (nSPS) is 23.0. The van der Waals surface area contributed by atoms with Crippen molar-refractivity contribution in [2.75, 3.05) is 52.2 Å². The van der Waals surface area contributed by atoms with Gasteiger partial charge < -0.3 is 20.4 Å². The molecule has 0 radical (unpaired) electrons. The number of hydrogen-bond donors (Lipinski definition) is 2. The summed E-state index contributed by atoms with van der Waals surface area (Å²) in [5, 5.41) is 6.05. The van der Waals surface area contributed by atoms with Crippen molar-refractivity contribution in [1.82, 2.24) is 39.5 Å². The number of ether oxygens (including phenoxy) is 1. The van der Waals surface area contributed by atoms with Crippen molar-refractivity contribution >= 4 is 27.9 Å². The van der Waals surface area contributed by atoms with Gasteiger partial charge in [0.15, 0.2) is 5.65 Å². The lowest BCUT2D eigenvalue weighted by Crippen LogP contribution is -2.51. The molecule has 4 heterocycles. The van der Waals surface area contributed by atoms with Gasteiger partial charge in [0.2, 0.25) is 0 Å². The van der Waals surface area contributed by atoms with Crippen LogP contribution in [0.1, 0.15) is 69.7 Å². The largest absolute Gasteiger partial charge is 0.385 e. The lowest BCUT2D eigenvalue weighted by molar-refractivity contribution is 0.0662. The van der Waals surface area contributed by atoms with E-state index >= 15 is 0 Å². The van der Waals surface area contributed by atoms with Crippen LogP contribution < -0.4 is 5.73 Å². The molecule has 4 aromatic rings. The molecule has 7 rings (SSSR count). The maximum absolute atomic E-state index is 6.47. The fourth-order valence-electron chi connectivity index (χ4n) is 7.70. The summed E-state index contributed by atoms with van der Waals surface area (Å²) < 4.78 is 7.38. The highest BCUT2D eigenvalue weighted by Gasteiger charge is 2.31. The maximum atomic E-state index is 6.47. The molecule has 10 heteroatoms. The number of nitrogens with two attached hydrogens (primary N) is 1. The fourth-order valence-corrected chi connectivity index (χ4v) is 7.70. The first-order chi connectivity index (χ1) is 20.7. The smallest absolute Gasteiger partial charge is 0.164 e. The minimum absolute atomic E-state index is 0.316. The Morgan fingerprint density at radius 1 is 0.976 bits per heavy atom. The van der Waals surface area contributed by atoms with Crippen LogP contribution in [0.5, 0.6) is 0 Å². The van der Waals surface area contributed by atoms with Crippen LogP contribution in [0.3, 0.4) is 0 Å². The quantitative estimate of drug-likeness (QED) is 0.275. The van der Waals surface area contributed by atoms with Gasteiger partial charge in [-0.25, -0.2) is 19.6 Å². The van der Waals surface area contributed by atoms with Crippen molar-refractivity contribution < 1.29 is 4.74 Å². The van der Waals surface area contributed by atoms with Crippen molar-refractivity contribution in [3.8, 4) is 11.3 Å². The number of piperazine rings is 1. The zero-order chi connectivity index (χ0) is 28.5. The molecule has 0 amide bonds. The summed E-state index contributed by atoms with van der Waals surface area (Å²) >= 11 is 0. The van der Waals surface area contributed by atoms with E-state index in [9.17, 15) is 0 Å². The third-order valence-electron chi connectivity index (χ3n) is 10.0. The summed E-state index contributed by atoms with van der Waals surface area (Å²) in [6.45, 7) is 6.65. The Bertz CT molecular complexity index is 1490. The van der Waals surface area contributed by atoms with E-state index in [1.165, 1.54) is 51.6 Å². The molecule has 2 saturated carbocycles. The predicted molar refractivity (Wildman–Crippen MR) is 166 cm³/mol. The van der Waals surface area contributed by atoms with Gasteiger partial charge in [0, 0.05) is 64.5 Å². The minimum Gasteiger partial charge on any atom is -0.385 e. The first-order valence-corrected chi connectivity index (χ1v) is 16.1. The molecule has 0 spiro atoms. The first kappa shape index (κ1) is 27.7. The van der Waals surface area contributed by atoms with E-state index in [0.29, 0.717) is 17.9 Å². The van der Waals surface area contributed by atoms with Gasteiger partial charge in [-0.3, -0.25) is 4.90 Å². The Hall–Kier alpha value is -3.08. The molecule has 3 N–H and O–H groups in total. The Morgan fingerprint density at radius 3 is 2.55 bits per heavy atom. The van der Waals surface area contributed by atoms with E-state index in [-0.39, 0.29) is 0 Å². The summed E-state index contributed by atoms with van der Waals surface area (Å²) in [7, 11) is 1.79. The maximum Gasteiger partial charge on any atom is 0.164 e. The molecule has 1 aromatic carbocycles.